The van der Waals surface area contributed by atoms with Crippen molar-refractivity contribution in [2.45, 2.75) is 28.7 Å². The lowest BCUT2D eigenvalue weighted by atomic mass is 10.3. The lowest BCUT2D eigenvalue weighted by molar-refractivity contribution is -0.128. The molecule has 0 radical (unpaired) electrons. The van der Waals surface area contributed by atoms with Crippen molar-refractivity contribution in [1.29, 1.82) is 5.26 Å². The number of nitrogens with zero attached hydrogens (tertiary/aromatic N) is 4. The van der Waals surface area contributed by atoms with Crippen LogP contribution in [0.5, 0.6) is 0 Å². The monoisotopic (exact) mass is 396 g/mol. The summed E-state index contributed by atoms with van der Waals surface area (Å²) < 4.78 is 31.1. The molecule has 10 heteroatoms. The molecule has 1 heterocycles. The quantitative estimate of drug-likeness (QED) is 0.658. The fourth-order valence-corrected chi connectivity index (χ4v) is 3.94. The van der Waals surface area contributed by atoms with Gasteiger partial charge in [-0.25, -0.2) is 17.7 Å². The summed E-state index contributed by atoms with van der Waals surface area (Å²) in [4.78, 5) is 18.2. The van der Waals surface area contributed by atoms with E-state index in [2.05, 4.69) is 4.98 Å². The molecule has 2 rings (SSSR count). The van der Waals surface area contributed by atoms with E-state index in [1.165, 1.54) is 31.1 Å². The van der Waals surface area contributed by atoms with Crippen LogP contribution in [0, 0.1) is 11.3 Å². The Labute approximate surface area is 156 Å². The SMILES string of the molecule is C[C@H](Sc1nc2cc(S(=O)(=O)N(C)C)ccc2o1)C(=O)N(C)CCC#N. The first-order valence-corrected chi connectivity index (χ1v) is 10.1. The first-order chi connectivity index (χ1) is 12.2. The molecule has 1 aromatic carbocycles. The molecule has 0 saturated heterocycles. The summed E-state index contributed by atoms with van der Waals surface area (Å²) >= 11 is 1.15. The number of amides is 1. The Kier molecular flexibility index (Phi) is 6.28. The van der Waals surface area contributed by atoms with Crippen LogP contribution in [0.25, 0.3) is 11.1 Å². The zero-order valence-electron chi connectivity index (χ0n) is 15.0. The molecule has 0 unspecified atom stereocenters. The number of nitriles is 1. The van der Waals surface area contributed by atoms with Crippen LogP contribution in [0.1, 0.15) is 13.3 Å². The Hall–Kier alpha value is -2.09. The zero-order chi connectivity index (χ0) is 19.5. The number of aromatic nitrogens is 1. The number of rotatable bonds is 7. The van der Waals surface area contributed by atoms with Gasteiger partial charge >= 0.3 is 0 Å². The minimum atomic E-state index is -3.56. The second-order valence-corrected chi connectivity index (χ2v) is 9.27. The van der Waals surface area contributed by atoms with E-state index >= 15 is 0 Å². The number of carbonyl (C=O) groups is 1. The van der Waals surface area contributed by atoms with Gasteiger partial charge in [0.2, 0.25) is 15.9 Å². The Morgan fingerprint density at radius 2 is 2.08 bits per heavy atom. The second-order valence-electron chi connectivity index (χ2n) is 5.82. The van der Waals surface area contributed by atoms with Gasteiger partial charge in [-0.1, -0.05) is 11.8 Å². The van der Waals surface area contributed by atoms with Crippen LogP contribution in [0.4, 0.5) is 0 Å². The Balaban J connectivity index is 2.19. The largest absolute Gasteiger partial charge is 0.431 e. The molecular weight excluding hydrogens is 376 g/mol. The third-order valence-electron chi connectivity index (χ3n) is 3.68. The van der Waals surface area contributed by atoms with Crippen LogP contribution in [0.15, 0.2) is 32.7 Å². The van der Waals surface area contributed by atoms with Crippen molar-refractivity contribution in [1.82, 2.24) is 14.2 Å². The molecule has 0 aliphatic heterocycles. The number of oxazole rings is 1. The predicted molar refractivity (Wildman–Crippen MR) is 98.1 cm³/mol. The van der Waals surface area contributed by atoms with E-state index in [1.54, 1.807) is 20.0 Å². The van der Waals surface area contributed by atoms with Crippen LogP contribution < -0.4 is 0 Å². The molecular formula is C16H20N4O4S2. The van der Waals surface area contributed by atoms with Crippen LogP contribution in [-0.2, 0) is 14.8 Å². The van der Waals surface area contributed by atoms with E-state index < -0.39 is 15.3 Å². The molecule has 0 aliphatic carbocycles. The van der Waals surface area contributed by atoms with Gasteiger partial charge in [0.1, 0.15) is 5.52 Å². The van der Waals surface area contributed by atoms with E-state index in [9.17, 15) is 13.2 Å². The molecule has 0 bridgehead atoms. The average molecular weight is 396 g/mol. The van der Waals surface area contributed by atoms with Gasteiger partial charge in [-0.05, 0) is 25.1 Å². The number of hydrogen-bond acceptors (Lipinski definition) is 7. The molecule has 0 spiro atoms. The van der Waals surface area contributed by atoms with Gasteiger partial charge in [0.25, 0.3) is 5.22 Å². The van der Waals surface area contributed by atoms with Crippen LogP contribution in [0.2, 0.25) is 0 Å². The molecule has 2 aromatic rings. The molecule has 1 aromatic heterocycles. The van der Waals surface area contributed by atoms with E-state index in [1.807, 2.05) is 6.07 Å². The summed E-state index contributed by atoms with van der Waals surface area (Å²) in [5.74, 6) is -0.136. The summed E-state index contributed by atoms with van der Waals surface area (Å²) in [7, 11) is 0.998. The molecule has 26 heavy (non-hydrogen) atoms. The van der Waals surface area contributed by atoms with Crippen molar-refractivity contribution >= 4 is 38.8 Å². The highest BCUT2D eigenvalue weighted by molar-refractivity contribution is 8.00. The molecule has 8 nitrogen and oxygen atoms in total. The van der Waals surface area contributed by atoms with E-state index in [4.69, 9.17) is 9.68 Å². The predicted octanol–water partition coefficient (Wildman–Crippen LogP) is 1.93. The standard InChI is InChI=1S/C16H20N4O4S2/c1-11(15(21)20(4)9-5-8-17)25-16-18-13-10-12(6-7-14(13)24-16)26(22,23)19(2)3/h6-7,10-11H,5,9H2,1-4H3/t11-/m0/s1. The fourth-order valence-electron chi connectivity index (χ4n) is 2.15. The Bertz CT molecular complexity index is 947. The summed E-state index contributed by atoms with van der Waals surface area (Å²) in [6, 6.07) is 6.46. The number of fused-ring (bicyclic) bond motifs is 1. The highest BCUT2D eigenvalue weighted by atomic mass is 32.2. The fraction of sp³-hybridized carbons (Fsp3) is 0.438. The van der Waals surface area contributed by atoms with Gasteiger partial charge in [0.05, 0.1) is 22.6 Å². The third-order valence-corrected chi connectivity index (χ3v) is 6.42. The Morgan fingerprint density at radius 3 is 2.69 bits per heavy atom. The maximum absolute atomic E-state index is 12.3. The van der Waals surface area contributed by atoms with Gasteiger partial charge in [-0.2, -0.15) is 5.26 Å². The van der Waals surface area contributed by atoms with Crippen molar-refractivity contribution < 1.29 is 17.6 Å². The van der Waals surface area contributed by atoms with Gasteiger partial charge in [-0.15, -0.1) is 0 Å². The van der Waals surface area contributed by atoms with Crippen molar-refractivity contribution in [2.75, 3.05) is 27.7 Å². The number of thioether (sulfide) groups is 1. The van der Waals surface area contributed by atoms with Crippen LogP contribution in [0.3, 0.4) is 0 Å². The van der Waals surface area contributed by atoms with Crippen molar-refractivity contribution in [3.05, 3.63) is 18.2 Å². The molecule has 0 fully saturated rings. The molecule has 1 amide bonds. The minimum Gasteiger partial charge on any atom is -0.431 e. The van der Waals surface area contributed by atoms with Crippen LogP contribution >= 0.6 is 11.8 Å². The Morgan fingerprint density at radius 1 is 1.38 bits per heavy atom. The smallest absolute Gasteiger partial charge is 0.257 e. The van der Waals surface area contributed by atoms with Crippen LogP contribution in [-0.4, -0.2) is 61.5 Å². The maximum Gasteiger partial charge on any atom is 0.257 e. The number of carbonyl (C=O) groups excluding carboxylic acids is 1. The van der Waals surface area contributed by atoms with Crippen molar-refractivity contribution in [3.8, 4) is 6.07 Å². The molecule has 0 aliphatic rings. The number of sulfonamides is 1. The van der Waals surface area contributed by atoms with E-state index in [0.717, 1.165) is 16.1 Å². The third kappa shape index (κ3) is 4.35. The first kappa shape index (κ1) is 20.2. The van der Waals surface area contributed by atoms with Gasteiger partial charge in [0, 0.05) is 27.7 Å². The summed E-state index contributed by atoms with van der Waals surface area (Å²) in [6.45, 7) is 2.09. The highest BCUT2D eigenvalue weighted by Gasteiger charge is 2.22. The number of hydrogen-bond donors (Lipinski definition) is 0. The first-order valence-electron chi connectivity index (χ1n) is 7.78. The normalized spacial score (nSPS) is 12.9. The highest BCUT2D eigenvalue weighted by Crippen LogP contribution is 2.29. The topological polar surface area (TPSA) is 108 Å². The van der Waals surface area contributed by atoms with Gasteiger partial charge < -0.3 is 9.32 Å². The molecule has 1 atom stereocenters. The van der Waals surface area contributed by atoms with Crippen molar-refractivity contribution in [2.24, 2.45) is 0 Å². The van der Waals surface area contributed by atoms with E-state index in [-0.39, 0.29) is 22.4 Å². The lowest BCUT2D eigenvalue weighted by Gasteiger charge is -2.18. The minimum absolute atomic E-state index is 0.125. The molecule has 0 saturated carbocycles. The lowest BCUT2D eigenvalue weighted by Crippen LogP contribution is -2.33. The summed E-state index contributed by atoms with van der Waals surface area (Å²) in [5.41, 5.74) is 0.857. The second kappa shape index (κ2) is 8.07. The summed E-state index contributed by atoms with van der Waals surface area (Å²) in [6.07, 6.45) is 0.269. The maximum atomic E-state index is 12.3. The summed E-state index contributed by atoms with van der Waals surface area (Å²) in [5, 5.41) is 8.44. The average Bonchev–Trinajstić information content (AvgIpc) is 2.99. The van der Waals surface area contributed by atoms with Gasteiger partial charge in [0.15, 0.2) is 5.58 Å². The van der Waals surface area contributed by atoms with Crippen molar-refractivity contribution in [3.63, 3.8) is 0 Å². The number of benzene rings is 1. The molecule has 140 valence electrons. The van der Waals surface area contributed by atoms with Gasteiger partial charge in [-0.3, -0.25) is 4.79 Å². The zero-order valence-corrected chi connectivity index (χ0v) is 16.6. The molecule has 0 N–H and O–H groups in total. The van der Waals surface area contributed by atoms with E-state index in [0.29, 0.717) is 17.6 Å².